The molecule has 2 rings (SSSR count). The molecule has 0 aliphatic rings. The Hall–Kier alpha value is -1.35. The highest BCUT2D eigenvalue weighted by atomic mass is 79.9. The number of aromatic nitrogens is 1. The Morgan fingerprint density at radius 2 is 1.71 bits per heavy atom. The highest BCUT2D eigenvalue weighted by molar-refractivity contribution is 9.10. The molecule has 2 aromatic rings. The fourth-order valence-electron chi connectivity index (χ4n) is 1.46. The molecule has 0 saturated carbocycles. The molecular weight excluding hydrogens is 278 g/mol. The molecule has 1 aromatic heterocycles. The first-order chi connectivity index (χ1) is 8.18. The van der Waals surface area contributed by atoms with Crippen LogP contribution in [0.1, 0.15) is 19.4 Å². The van der Waals surface area contributed by atoms with Crippen molar-refractivity contribution >= 4 is 15.9 Å². The Balaban J connectivity index is 0.000000686. The third-order valence-corrected chi connectivity index (χ3v) is 2.63. The molecule has 3 heteroatoms. The van der Waals surface area contributed by atoms with Crippen LogP contribution in [0.3, 0.4) is 0 Å². The largest absolute Gasteiger partial charge is 0.283 e. The zero-order valence-corrected chi connectivity index (χ0v) is 11.9. The van der Waals surface area contributed by atoms with Gasteiger partial charge in [0.1, 0.15) is 0 Å². The summed E-state index contributed by atoms with van der Waals surface area (Å²) in [5, 5.41) is 0. The van der Waals surface area contributed by atoms with Crippen LogP contribution in [-0.4, -0.2) is 4.57 Å². The summed E-state index contributed by atoms with van der Waals surface area (Å²) < 4.78 is 2.54. The molecule has 0 unspecified atom stereocenters. The van der Waals surface area contributed by atoms with E-state index in [2.05, 4.69) is 15.9 Å². The van der Waals surface area contributed by atoms with Crippen LogP contribution in [0, 0.1) is 6.92 Å². The number of rotatable bonds is 1. The summed E-state index contributed by atoms with van der Waals surface area (Å²) in [6.07, 6.45) is 1.78. The van der Waals surface area contributed by atoms with Crippen LogP contribution in [0.5, 0.6) is 0 Å². The van der Waals surface area contributed by atoms with E-state index in [0.29, 0.717) is 0 Å². The van der Waals surface area contributed by atoms with Crippen molar-refractivity contribution in [2.75, 3.05) is 0 Å². The van der Waals surface area contributed by atoms with Crippen LogP contribution in [0.25, 0.3) is 5.69 Å². The van der Waals surface area contributed by atoms with Gasteiger partial charge in [-0.2, -0.15) is 0 Å². The van der Waals surface area contributed by atoms with Crippen molar-refractivity contribution < 1.29 is 0 Å². The van der Waals surface area contributed by atoms with Crippen molar-refractivity contribution in [1.82, 2.24) is 4.57 Å². The minimum atomic E-state index is 0.0180. The van der Waals surface area contributed by atoms with Crippen molar-refractivity contribution in [2.45, 2.75) is 20.8 Å². The van der Waals surface area contributed by atoms with E-state index >= 15 is 0 Å². The minimum Gasteiger partial charge on any atom is -0.283 e. The number of halogens is 1. The molecule has 0 aliphatic carbocycles. The molecule has 1 heterocycles. The van der Waals surface area contributed by atoms with E-state index in [1.165, 1.54) is 0 Å². The predicted molar refractivity (Wildman–Crippen MR) is 75.8 cm³/mol. The average molecular weight is 294 g/mol. The summed E-state index contributed by atoms with van der Waals surface area (Å²) >= 11 is 3.38. The molecule has 17 heavy (non-hydrogen) atoms. The average Bonchev–Trinajstić information content (AvgIpc) is 2.37. The van der Waals surface area contributed by atoms with Gasteiger partial charge in [-0.1, -0.05) is 32.0 Å². The van der Waals surface area contributed by atoms with Gasteiger partial charge in [-0.25, -0.2) is 0 Å². The smallest absolute Gasteiger partial charge is 0.258 e. The lowest BCUT2D eigenvalue weighted by molar-refractivity contribution is 0.963. The Bertz CT molecular complexity index is 532. The Morgan fingerprint density at radius 1 is 1.12 bits per heavy atom. The number of hydrogen-bond acceptors (Lipinski definition) is 1. The monoisotopic (exact) mass is 293 g/mol. The molecule has 0 saturated heterocycles. The van der Waals surface area contributed by atoms with Gasteiger partial charge in [0.2, 0.25) is 0 Å². The normalized spacial score (nSPS) is 9.41. The highest BCUT2D eigenvalue weighted by Crippen LogP contribution is 2.11. The zero-order chi connectivity index (χ0) is 12.8. The lowest BCUT2D eigenvalue weighted by Crippen LogP contribution is -2.19. The second kappa shape index (κ2) is 6.40. The third-order valence-electron chi connectivity index (χ3n) is 2.20. The SMILES string of the molecule is CC.Cc1cc(Br)cn(-c2ccccc2)c1=O. The van der Waals surface area contributed by atoms with Crippen LogP contribution < -0.4 is 5.56 Å². The zero-order valence-electron chi connectivity index (χ0n) is 10.3. The van der Waals surface area contributed by atoms with Crippen molar-refractivity contribution in [3.63, 3.8) is 0 Å². The second-order valence-electron chi connectivity index (χ2n) is 3.35. The summed E-state index contributed by atoms with van der Waals surface area (Å²) in [5.74, 6) is 0. The number of aryl methyl sites for hydroxylation is 1. The van der Waals surface area contributed by atoms with E-state index in [1.807, 2.05) is 57.2 Å². The lowest BCUT2D eigenvalue weighted by atomic mass is 10.2. The van der Waals surface area contributed by atoms with Gasteiger partial charge in [0, 0.05) is 21.9 Å². The van der Waals surface area contributed by atoms with Crippen LogP contribution >= 0.6 is 15.9 Å². The van der Waals surface area contributed by atoms with Crippen molar-refractivity contribution in [2.24, 2.45) is 0 Å². The molecular formula is C14H16BrNO. The number of para-hydroxylation sites is 1. The number of benzene rings is 1. The van der Waals surface area contributed by atoms with Crippen molar-refractivity contribution in [3.05, 3.63) is 63.0 Å². The topological polar surface area (TPSA) is 22.0 Å². The van der Waals surface area contributed by atoms with Gasteiger partial charge in [0.15, 0.2) is 0 Å². The molecule has 90 valence electrons. The highest BCUT2D eigenvalue weighted by Gasteiger charge is 2.02. The second-order valence-corrected chi connectivity index (χ2v) is 4.27. The quantitative estimate of drug-likeness (QED) is 0.781. The van der Waals surface area contributed by atoms with Gasteiger partial charge in [-0.15, -0.1) is 0 Å². The van der Waals surface area contributed by atoms with E-state index in [1.54, 1.807) is 10.8 Å². The molecule has 0 bridgehead atoms. The molecule has 0 radical (unpaired) electrons. The maximum absolute atomic E-state index is 11.9. The standard InChI is InChI=1S/C12H10BrNO.C2H6/c1-9-7-10(13)8-14(12(9)15)11-5-3-2-4-6-11;1-2/h2-8H,1H3;1-2H3. The van der Waals surface area contributed by atoms with Crippen molar-refractivity contribution in [1.29, 1.82) is 0 Å². The van der Waals surface area contributed by atoms with E-state index in [0.717, 1.165) is 15.7 Å². The molecule has 0 aliphatic heterocycles. The van der Waals surface area contributed by atoms with Gasteiger partial charge in [-0.3, -0.25) is 9.36 Å². The molecule has 0 spiro atoms. The fourth-order valence-corrected chi connectivity index (χ4v) is 2.01. The molecule has 0 fully saturated rings. The van der Waals surface area contributed by atoms with E-state index in [9.17, 15) is 4.79 Å². The lowest BCUT2D eigenvalue weighted by Gasteiger charge is -2.07. The first kappa shape index (κ1) is 13.7. The van der Waals surface area contributed by atoms with Gasteiger partial charge < -0.3 is 0 Å². The summed E-state index contributed by atoms with van der Waals surface area (Å²) in [5.41, 5.74) is 1.63. The van der Waals surface area contributed by atoms with E-state index < -0.39 is 0 Å². The fraction of sp³-hybridized carbons (Fsp3) is 0.214. The summed E-state index contributed by atoms with van der Waals surface area (Å²) in [6.45, 7) is 5.81. The van der Waals surface area contributed by atoms with Crippen LogP contribution in [-0.2, 0) is 0 Å². The Kier molecular flexibility index (Phi) is 5.16. The summed E-state index contributed by atoms with van der Waals surface area (Å²) in [7, 11) is 0. The number of nitrogens with zero attached hydrogens (tertiary/aromatic N) is 1. The molecule has 0 N–H and O–H groups in total. The Labute approximate surface area is 110 Å². The van der Waals surface area contributed by atoms with Crippen LogP contribution in [0.15, 0.2) is 51.9 Å². The first-order valence-electron chi connectivity index (χ1n) is 5.63. The first-order valence-corrected chi connectivity index (χ1v) is 6.42. The van der Waals surface area contributed by atoms with Gasteiger partial charge >= 0.3 is 0 Å². The molecule has 1 aromatic carbocycles. The molecule has 2 nitrogen and oxygen atoms in total. The number of pyridine rings is 1. The Morgan fingerprint density at radius 3 is 2.29 bits per heavy atom. The van der Waals surface area contributed by atoms with E-state index in [-0.39, 0.29) is 5.56 Å². The van der Waals surface area contributed by atoms with Gasteiger partial charge in [0.05, 0.1) is 0 Å². The molecule has 0 amide bonds. The maximum atomic E-state index is 11.9. The summed E-state index contributed by atoms with van der Waals surface area (Å²) in [6, 6.07) is 11.4. The number of hydrogen-bond donors (Lipinski definition) is 0. The van der Waals surface area contributed by atoms with Crippen molar-refractivity contribution in [3.8, 4) is 5.69 Å². The van der Waals surface area contributed by atoms with Crippen LogP contribution in [0.4, 0.5) is 0 Å². The maximum Gasteiger partial charge on any atom is 0.258 e. The van der Waals surface area contributed by atoms with Gasteiger partial charge in [-0.05, 0) is 41.1 Å². The minimum absolute atomic E-state index is 0.0180. The molecule has 0 atom stereocenters. The third kappa shape index (κ3) is 3.30. The van der Waals surface area contributed by atoms with E-state index in [4.69, 9.17) is 0 Å². The predicted octanol–water partition coefficient (Wildman–Crippen LogP) is 3.93. The van der Waals surface area contributed by atoms with Crippen LogP contribution in [0.2, 0.25) is 0 Å². The summed E-state index contributed by atoms with van der Waals surface area (Å²) in [4.78, 5) is 11.9. The van der Waals surface area contributed by atoms with Gasteiger partial charge in [0.25, 0.3) is 5.56 Å².